The Morgan fingerprint density at radius 2 is 2.44 bits per heavy atom. The lowest BCUT2D eigenvalue weighted by Gasteiger charge is -2.35. The van der Waals surface area contributed by atoms with Crippen LogP contribution < -0.4 is 4.90 Å². The van der Waals surface area contributed by atoms with E-state index in [0.717, 1.165) is 25.8 Å². The van der Waals surface area contributed by atoms with Gasteiger partial charge in [0.15, 0.2) is 0 Å². The van der Waals surface area contributed by atoms with Crippen LogP contribution in [0.25, 0.3) is 0 Å². The van der Waals surface area contributed by atoms with Gasteiger partial charge >= 0.3 is 0 Å². The van der Waals surface area contributed by atoms with Crippen LogP contribution in [0, 0.1) is 11.3 Å². The fraction of sp³-hybridized carbons (Fsp3) is 0.500. The maximum Gasteiger partial charge on any atom is 0.146 e. The minimum atomic E-state index is 0.107. The highest BCUT2D eigenvalue weighted by atomic mass is 16.3. The standard InChI is InChI=1S/C12H15N3O/c13-8-10-4-3-6-14-12(10)15-7-2-1-5-11(15)9-16/h3-4,6,11,16H,1-2,5,7,9H2/t11-/m1/s1. The van der Waals surface area contributed by atoms with Gasteiger partial charge in [-0.3, -0.25) is 0 Å². The molecule has 2 heterocycles. The third-order valence-corrected chi connectivity index (χ3v) is 3.02. The molecule has 84 valence electrons. The van der Waals surface area contributed by atoms with Crippen molar-refractivity contribution in [2.45, 2.75) is 25.3 Å². The van der Waals surface area contributed by atoms with Gasteiger partial charge in [0.2, 0.25) is 0 Å². The number of aliphatic hydroxyl groups excluding tert-OH is 1. The van der Waals surface area contributed by atoms with Crippen molar-refractivity contribution >= 4 is 5.82 Å². The van der Waals surface area contributed by atoms with Crippen molar-refractivity contribution in [2.24, 2.45) is 0 Å². The van der Waals surface area contributed by atoms with E-state index in [4.69, 9.17) is 5.26 Å². The number of anilines is 1. The summed E-state index contributed by atoms with van der Waals surface area (Å²) in [5.41, 5.74) is 0.586. The van der Waals surface area contributed by atoms with Crippen LogP contribution in [-0.4, -0.2) is 29.3 Å². The van der Waals surface area contributed by atoms with E-state index in [0.29, 0.717) is 11.4 Å². The normalized spacial score (nSPS) is 20.5. The van der Waals surface area contributed by atoms with Gasteiger partial charge in [-0.15, -0.1) is 0 Å². The molecule has 1 atom stereocenters. The quantitative estimate of drug-likeness (QED) is 0.811. The Hall–Kier alpha value is -1.60. The number of rotatable bonds is 2. The monoisotopic (exact) mass is 217 g/mol. The molecule has 0 saturated carbocycles. The second-order valence-corrected chi connectivity index (χ2v) is 4.01. The lowest BCUT2D eigenvalue weighted by atomic mass is 10.0. The van der Waals surface area contributed by atoms with Gasteiger partial charge in [-0.05, 0) is 31.4 Å². The van der Waals surface area contributed by atoms with Crippen LogP contribution in [-0.2, 0) is 0 Å². The average Bonchev–Trinajstić information content (AvgIpc) is 2.38. The molecule has 2 rings (SSSR count). The van der Waals surface area contributed by atoms with E-state index in [1.54, 1.807) is 18.3 Å². The Kier molecular flexibility index (Phi) is 3.37. The lowest BCUT2D eigenvalue weighted by molar-refractivity contribution is 0.239. The van der Waals surface area contributed by atoms with Crippen molar-refractivity contribution in [1.82, 2.24) is 4.98 Å². The molecule has 0 aromatic carbocycles. The molecule has 0 radical (unpaired) electrons. The molecule has 1 N–H and O–H groups in total. The van der Waals surface area contributed by atoms with Gasteiger partial charge in [0.25, 0.3) is 0 Å². The minimum Gasteiger partial charge on any atom is -0.394 e. The number of nitriles is 1. The number of hydrogen-bond donors (Lipinski definition) is 1. The number of hydrogen-bond acceptors (Lipinski definition) is 4. The van der Waals surface area contributed by atoms with Crippen molar-refractivity contribution in [2.75, 3.05) is 18.1 Å². The first-order valence-corrected chi connectivity index (χ1v) is 5.59. The maximum absolute atomic E-state index is 9.33. The third-order valence-electron chi connectivity index (χ3n) is 3.02. The first kappa shape index (κ1) is 10.9. The summed E-state index contributed by atoms with van der Waals surface area (Å²) in [6.45, 7) is 0.998. The van der Waals surface area contributed by atoms with Gasteiger partial charge in [-0.25, -0.2) is 4.98 Å². The summed E-state index contributed by atoms with van der Waals surface area (Å²) < 4.78 is 0. The van der Waals surface area contributed by atoms with Crippen molar-refractivity contribution in [3.63, 3.8) is 0 Å². The summed E-state index contributed by atoms with van der Waals surface area (Å²) in [6.07, 6.45) is 4.89. The van der Waals surface area contributed by atoms with Crippen LogP contribution in [0.15, 0.2) is 18.3 Å². The Balaban J connectivity index is 2.31. The molecule has 16 heavy (non-hydrogen) atoms. The molecular weight excluding hydrogens is 202 g/mol. The van der Waals surface area contributed by atoms with E-state index in [1.165, 1.54) is 0 Å². The van der Waals surface area contributed by atoms with E-state index in [2.05, 4.69) is 16.0 Å². The molecule has 0 aliphatic carbocycles. The highest BCUT2D eigenvalue weighted by molar-refractivity contribution is 5.54. The summed E-state index contributed by atoms with van der Waals surface area (Å²) in [7, 11) is 0. The Labute approximate surface area is 95.1 Å². The SMILES string of the molecule is N#Cc1cccnc1N1CCCC[C@@H]1CO. The molecule has 1 aromatic rings. The van der Waals surface area contributed by atoms with Crippen LogP contribution in [0.5, 0.6) is 0 Å². The van der Waals surface area contributed by atoms with Crippen molar-refractivity contribution in [1.29, 1.82) is 5.26 Å². The first-order chi connectivity index (χ1) is 7.86. The van der Waals surface area contributed by atoms with Crippen LogP contribution in [0.2, 0.25) is 0 Å². The average molecular weight is 217 g/mol. The van der Waals surface area contributed by atoms with Gasteiger partial charge in [0.1, 0.15) is 11.9 Å². The topological polar surface area (TPSA) is 60.2 Å². The molecular formula is C12H15N3O. The fourth-order valence-electron chi connectivity index (χ4n) is 2.18. The molecule has 0 bridgehead atoms. The highest BCUT2D eigenvalue weighted by Gasteiger charge is 2.24. The van der Waals surface area contributed by atoms with Gasteiger partial charge in [0, 0.05) is 12.7 Å². The molecule has 4 heteroatoms. The number of aromatic nitrogens is 1. The summed E-state index contributed by atoms with van der Waals surface area (Å²) in [5, 5.41) is 18.4. The molecule has 1 aliphatic rings. The predicted octanol–water partition coefficient (Wildman–Crippen LogP) is 1.30. The molecule has 1 fully saturated rings. The minimum absolute atomic E-state index is 0.107. The molecule has 1 aliphatic heterocycles. The Bertz CT molecular complexity index is 399. The zero-order chi connectivity index (χ0) is 11.4. The van der Waals surface area contributed by atoms with E-state index in [9.17, 15) is 5.11 Å². The van der Waals surface area contributed by atoms with E-state index >= 15 is 0 Å². The lowest BCUT2D eigenvalue weighted by Crippen LogP contribution is -2.42. The third kappa shape index (κ3) is 2.00. The fourth-order valence-corrected chi connectivity index (χ4v) is 2.18. The first-order valence-electron chi connectivity index (χ1n) is 5.59. The number of piperidine rings is 1. The van der Waals surface area contributed by atoms with Gasteiger partial charge in [0.05, 0.1) is 18.2 Å². The number of nitrogens with zero attached hydrogens (tertiary/aromatic N) is 3. The molecule has 4 nitrogen and oxygen atoms in total. The number of pyridine rings is 1. The van der Waals surface area contributed by atoms with E-state index in [-0.39, 0.29) is 12.6 Å². The van der Waals surface area contributed by atoms with Gasteiger partial charge < -0.3 is 10.0 Å². The van der Waals surface area contributed by atoms with Gasteiger partial charge in [-0.2, -0.15) is 5.26 Å². The van der Waals surface area contributed by atoms with Crippen LogP contribution in [0.1, 0.15) is 24.8 Å². The molecule has 0 unspecified atom stereocenters. The zero-order valence-corrected chi connectivity index (χ0v) is 9.13. The molecule has 0 amide bonds. The van der Waals surface area contributed by atoms with E-state index < -0.39 is 0 Å². The Morgan fingerprint density at radius 1 is 1.56 bits per heavy atom. The highest BCUT2D eigenvalue weighted by Crippen LogP contribution is 2.25. The van der Waals surface area contributed by atoms with Crippen molar-refractivity contribution in [3.05, 3.63) is 23.9 Å². The van der Waals surface area contributed by atoms with Crippen LogP contribution >= 0.6 is 0 Å². The smallest absolute Gasteiger partial charge is 0.146 e. The summed E-state index contributed by atoms with van der Waals surface area (Å²) in [5.74, 6) is 0.712. The summed E-state index contributed by atoms with van der Waals surface area (Å²) >= 11 is 0. The maximum atomic E-state index is 9.33. The van der Waals surface area contributed by atoms with Crippen LogP contribution in [0.4, 0.5) is 5.82 Å². The molecule has 1 saturated heterocycles. The van der Waals surface area contributed by atoms with Crippen molar-refractivity contribution in [3.8, 4) is 6.07 Å². The summed E-state index contributed by atoms with van der Waals surface area (Å²) in [6, 6.07) is 5.79. The second kappa shape index (κ2) is 4.95. The Morgan fingerprint density at radius 3 is 3.19 bits per heavy atom. The largest absolute Gasteiger partial charge is 0.394 e. The van der Waals surface area contributed by atoms with Crippen LogP contribution in [0.3, 0.4) is 0 Å². The van der Waals surface area contributed by atoms with E-state index in [1.807, 2.05) is 0 Å². The van der Waals surface area contributed by atoms with Crippen molar-refractivity contribution < 1.29 is 5.11 Å². The second-order valence-electron chi connectivity index (χ2n) is 4.01. The number of aliphatic hydroxyl groups is 1. The zero-order valence-electron chi connectivity index (χ0n) is 9.13. The predicted molar refractivity (Wildman–Crippen MR) is 61.0 cm³/mol. The van der Waals surface area contributed by atoms with Gasteiger partial charge in [-0.1, -0.05) is 0 Å². The molecule has 1 aromatic heterocycles. The molecule has 0 spiro atoms. The summed E-state index contributed by atoms with van der Waals surface area (Å²) in [4.78, 5) is 6.32.